The van der Waals surface area contributed by atoms with E-state index in [0.717, 1.165) is 6.42 Å². The Kier molecular flexibility index (Phi) is 1.35. The number of ketones is 1. The van der Waals surface area contributed by atoms with Crippen molar-refractivity contribution >= 4 is 5.78 Å². The van der Waals surface area contributed by atoms with Gasteiger partial charge in [-0.3, -0.25) is 4.79 Å². The molecule has 2 aliphatic rings. The molecule has 2 heterocycles. The second-order valence-electron chi connectivity index (χ2n) is 3.48. The zero-order valence-electron chi connectivity index (χ0n) is 6.79. The van der Waals surface area contributed by atoms with Gasteiger partial charge >= 0.3 is 0 Å². The first-order valence-electron chi connectivity index (χ1n) is 3.99. The van der Waals surface area contributed by atoms with Gasteiger partial charge in [0.2, 0.25) is 5.79 Å². The Bertz CT molecular complexity index is 202. The molecule has 2 fully saturated rings. The third-order valence-electron chi connectivity index (χ3n) is 2.33. The number of hydrogen-bond acceptors (Lipinski definition) is 3. The Morgan fingerprint density at radius 3 is 2.91 bits per heavy atom. The lowest BCUT2D eigenvalue weighted by Gasteiger charge is -2.32. The van der Waals surface area contributed by atoms with Crippen molar-refractivity contribution in [3.63, 3.8) is 0 Å². The van der Waals surface area contributed by atoms with E-state index < -0.39 is 5.79 Å². The van der Waals surface area contributed by atoms with E-state index >= 15 is 0 Å². The maximum absolute atomic E-state index is 11.3. The molecule has 0 saturated carbocycles. The van der Waals surface area contributed by atoms with Crippen molar-refractivity contribution < 1.29 is 14.3 Å². The van der Waals surface area contributed by atoms with Gasteiger partial charge < -0.3 is 9.47 Å². The van der Waals surface area contributed by atoms with Crippen LogP contribution in [-0.4, -0.2) is 23.8 Å². The van der Waals surface area contributed by atoms with Gasteiger partial charge in [0.1, 0.15) is 0 Å². The zero-order chi connectivity index (χ0) is 8.06. The molecule has 0 spiro atoms. The molecule has 0 aromatic carbocycles. The smallest absolute Gasteiger partial charge is 0.226 e. The van der Waals surface area contributed by atoms with Crippen LogP contribution in [0.5, 0.6) is 0 Å². The van der Waals surface area contributed by atoms with Gasteiger partial charge in [0, 0.05) is 12.8 Å². The van der Waals surface area contributed by atoms with E-state index in [1.807, 2.05) is 6.92 Å². The summed E-state index contributed by atoms with van der Waals surface area (Å²) >= 11 is 0. The van der Waals surface area contributed by atoms with Crippen molar-refractivity contribution in [3.05, 3.63) is 0 Å². The largest absolute Gasteiger partial charge is 0.341 e. The molecule has 3 nitrogen and oxygen atoms in total. The lowest BCUT2D eigenvalue weighted by Crippen LogP contribution is -2.42. The van der Waals surface area contributed by atoms with Crippen LogP contribution >= 0.6 is 0 Å². The van der Waals surface area contributed by atoms with Gasteiger partial charge in [0.25, 0.3) is 0 Å². The van der Waals surface area contributed by atoms with E-state index in [1.54, 1.807) is 6.92 Å². The standard InChI is InChI=1S/C8H12O3/c1-5-3-6-4-7(9)8(2,10-5)11-6/h5-6H,3-4H2,1-2H3. The highest BCUT2D eigenvalue weighted by Gasteiger charge is 2.50. The highest BCUT2D eigenvalue weighted by atomic mass is 16.7. The number of hydrogen-bond donors (Lipinski definition) is 0. The molecule has 3 atom stereocenters. The summed E-state index contributed by atoms with van der Waals surface area (Å²) in [5, 5.41) is 0. The normalized spacial score (nSPS) is 49.8. The first-order valence-corrected chi connectivity index (χ1v) is 3.99. The van der Waals surface area contributed by atoms with E-state index in [9.17, 15) is 4.79 Å². The third kappa shape index (κ3) is 0.993. The SMILES string of the molecule is CC1CC2CC(=O)C(C)(O1)O2. The summed E-state index contributed by atoms with van der Waals surface area (Å²) in [4.78, 5) is 11.3. The average Bonchev–Trinajstić information content (AvgIpc) is 2.02. The average molecular weight is 156 g/mol. The van der Waals surface area contributed by atoms with Gasteiger partial charge in [-0.15, -0.1) is 0 Å². The van der Waals surface area contributed by atoms with Crippen LogP contribution in [0.4, 0.5) is 0 Å². The number of carbonyl (C=O) groups is 1. The highest BCUT2D eigenvalue weighted by Crippen LogP contribution is 2.36. The van der Waals surface area contributed by atoms with Crippen molar-refractivity contribution in [1.82, 2.24) is 0 Å². The summed E-state index contributed by atoms with van der Waals surface area (Å²) < 4.78 is 10.8. The Morgan fingerprint density at radius 1 is 1.55 bits per heavy atom. The van der Waals surface area contributed by atoms with Crippen LogP contribution < -0.4 is 0 Å². The molecule has 0 radical (unpaired) electrons. The molecule has 2 bridgehead atoms. The fourth-order valence-corrected chi connectivity index (χ4v) is 1.84. The number of ether oxygens (including phenoxy) is 2. The molecule has 2 saturated heterocycles. The topological polar surface area (TPSA) is 35.5 Å². The molecule has 0 amide bonds. The Morgan fingerprint density at radius 2 is 2.27 bits per heavy atom. The van der Waals surface area contributed by atoms with Crippen molar-refractivity contribution in [2.45, 2.75) is 44.7 Å². The maximum atomic E-state index is 11.3. The number of fused-ring (bicyclic) bond motifs is 2. The first kappa shape index (κ1) is 7.25. The Labute approximate surface area is 65.7 Å². The molecular weight excluding hydrogens is 144 g/mol. The monoisotopic (exact) mass is 156 g/mol. The molecule has 0 N–H and O–H groups in total. The first-order chi connectivity index (χ1) is 5.10. The molecule has 3 unspecified atom stereocenters. The van der Waals surface area contributed by atoms with Crippen LogP contribution in [0.3, 0.4) is 0 Å². The predicted octanol–water partition coefficient (Wildman–Crippen LogP) is 0.869. The van der Waals surface area contributed by atoms with Crippen LogP contribution in [0, 0.1) is 0 Å². The van der Waals surface area contributed by atoms with Gasteiger partial charge in [0.05, 0.1) is 12.2 Å². The van der Waals surface area contributed by atoms with E-state index in [0.29, 0.717) is 6.42 Å². The van der Waals surface area contributed by atoms with Crippen molar-refractivity contribution in [2.75, 3.05) is 0 Å². The Balaban J connectivity index is 2.25. The molecule has 0 aromatic heterocycles. The minimum absolute atomic E-state index is 0.0897. The van der Waals surface area contributed by atoms with Crippen LogP contribution in [0.2, 0.25) is 0 Å². The second kappa shape index (κ2) is 2.05. The van der Waals surface area contributed by atoms with Gasteiger partial charge in [-0.05, 0) is 13.8 Å². The molecule has 0 aromatic rings. The zero-order valence-corrected chi connectivity index (χ0v) is 6.79. The van der Waals surface area contributed by atoms with Crippen LogP contribution in [0.15, 0.2) is 0 Å². The van der Waals surface area contributed by atoms with E-state index in [-0.39, 0.29) is 18.0 Å². The van der Waals surface area contributed by atoms with Crippen LogP contribution in [0.1, 0.15) is 26.7 Å². The molecule has 3 heteroatoms. The van der Waals surface area contributed by atoms with Gasteiger partial charge in [0.15, 0.2) is 5.78 Å². The summed E-state index contributed by atoms with van der Waals surface area (Å²) in [6, 6.07) is 0. The van der Waals surface area contributed by atoms with Gasteiger partial charge in [-0.25, -0.2) is 0 Å². The van der Waals surface area contributed by atoms with Crippen LogP contribution in [-0.2, 0) is 14.3 Å². The molecule has 2 rings (SSSR count). The molecule has 62 valence electrons. The second-order valence-corrected chi connectivity index (χ2v) is 3.48. The minimum Gasteiger partial charge on any atom is -0.341 e. The van der Waals surface area contributed by atoms with Crippen LogP contribution in [0.25, 0.3) is 0 Å². The fourth-order valence-electron chi connectivity index (χ4n) is 1.84. The van der Waals surface area contributed by atoms with Crippen molar-refractivity contribution in [3.8, 4) is 0 Å². The van der Waals surface area contributed by atoms with Gasteiger partial charge in [-0.1, -0.05) is 0 Å². The predicted molar refractivity (Wildman–Crippen MR) is 38.1 cm³/mol. The summed E-state index contributed by atoms with van der Waals surface area (Å²) in [7, 11) is 0. The highest BCUT2D eigenvalue weighted by molar-refractivity contribution is 5.87. The summed E-state index contributed by atoms with van der Waals surface area (Å²) in [6.45, 7) is 3.69. The fraction of sp³-hybridized carbons (Fsp3) is 0.875. The molecule has 11 heavy (non-hydrogen) atoms. The molecule has 2 aliphatic heterocycles. The van der Waals surface area contributed by atoms with E-state index in [4.69, 9.17) is 9.47 Å². The number of rotatable bonds is 0. The van der Waals surface area contributed by atoms with Crippen molar-refractivity contribution in [1.29, 1.82) is 0 Å². The lowest BCUT2D eigenvalue weighted by atomic mass is 10.1. The third-order valence-corrected chi connectivity index (χ3v) is 2.33. The van der Waals surface area contributed by atoms with Crippen molar-refractivity contribution in [2.24, 2.45) is 0 Å². The molecular formula is C8H12O3. The summed E-state index contributed by atoms with van der Waals surface area (Å²) in [5.74, 6) is -0.825. The lowest BCUT2D eigenvalue weighted by molar-refractivity contribution is -0.261. The minimum atomic E-state index is -0.914. The maximum Gasteiger partial charge on any atom is 0.226 e. The van der Waals surface area contributed by atoms with E-state index in [2.05, 4.69) is 0 Å². The number of carbonyl (C=O) groups excluding carboxylic acids is 1. The molecule has 0 aliphatic carbocycles. The quantitative estimate of drug-likeness (QED) is 0.522. The number of Topliss-reactive ketones (excluding diaryl/α,β-unsaturated/α-hetero) is 1. The Hall–Kier alpha value is -0.410. The summed E-state index contributed by atoms with van der Waals surface area (Å²) in [6.07, 6.45) is 1.64. The van der Waals surface area contributed by atoms with Gasteiger partial charge in [-0.2, -0.15) is 0 Å². The van der Waals surface area contributed by atoms with E-state index in [1.165, 1.54) is 0 Å². The summed E-state index contributed by atoms with van der Waals surface area (Å²) in [5.41, 5.74) is 0.